The minimum Gasteiger partial charge on any atom is -0.305 e. The SMILES string of the molecule is N=C=NC(=O)Nc1cccc(Br)c1. The van der Waals surface area contributed by atoms with Crippen molar-refractivity contribution in [2.75, 3.05) is 5.32 Å². The average molecular weight is 240 g/mol. The van der Waals surface area contributed by atoms with Gasteiger partial charge in [-0.1, -0.05) is 22.0 Å². The van der Waals surface area contributed by atoms with E-state index in [0.29, 0.717) is 5.69 Å². The summed E-state index contributed by atoms with van der Waals surface area (Å²) in [4.78, 5) is 13.9. The van der Waals surface area contributed by atoms with Crippen LogP contribution in [0.4, 0.5) is 10.5 Å². The molecule has 0 saturated heterocycles. The van der Waals surface area contributed by atoms with Gasteiger partial charge in [-0.3, -0.25) is 0 Å². The number of carbonyl (C=O) groups excluding carboxylic acids is 1. The number of hydrogen-bond acceptors (Lipinski definition) is 2. The van der Waals surface area contributed by atoms with Crippen LogP contribution >= 0.6 is 15.9 Å². The standard InChI is InChI=1S/C8H6BrN3O/c9-6-2-1-3-7(4-6)12-8(13)11-5-10/h1-4,10H,(H,12,13). The normalized spacial score (nSPS) is 8.69. The van der Waals surface area contributed by atoms with E-state index in [-0.39, 0.29) is 0 Å². The number of nitrogens with one attached hydrogen (secondary N) is 2. The Morgan fingerprint density at radius 1 is 1.62 bits per heavy atom. The Bertz CT molecular complexity index is 371. The van der Waals surface area contributed by atoms with E-state index in [2.05, 4.69) is 26.2 Å². The smallest absolute Gasteiger partial charge is 0.305 e. The largest absolute Gasteiger partial charge is 0.354 e. The predicted molar refractivity (Wildman–Crippen MR) is 53.3 cm³/mol. The molecule has 0 aliphatic carbocycles. The fourth-order valence-corrected chi connectivity index (χ4v) is 1.17. The van der Waals surface area contributed by atoms with Crippen molar-refractivity contribution in [2.24, 2.45) is 4.99 Å². The molecule has 1 rings (SSSR count). The molecule has 0 heterocycles. The molecule has 0 unspecified atom stereocenters. The highest BCUT2D eigenvalue weighted by Gasteiger charge is 1.98. The van der Waals surface area contributed by atoms with Gasteiger partial charge in [-0.25, -0.2) is 10.2 Å². The van der Waals surface area contributed by atoms with E-state index < -0.39 is 6.03 Å². The van der Waals surface area contributed by atoms with Crippen LogP contribution in [0, 0.1) is 5.41 Å². The summed E-state index contributed by atoms with van der Waals surface area (Å²) in [6.45, 7) is 0. The van der Waals surface area contributed by atoms with E-state index in [9.17, 15) is 4.79 Å². The van der Waals surface area contributed by atoms with Crippen LogP contribution in [0.2, 0.25) is 0 Å². The molecule has 2 N–H and O–H groups in total. The molecule has 5 heteroatoms. The third-order valence-corrected chi connectivity index (χ3v) is 1.73. The molecular weight excluding hydrogens is 234 g/mol. The van der Waals surface area contributed by atoms with Gasteiger partial charge in [0.05, 0.1) is 6.01 Å². The van der Waals surface area contributed by atoms with Crippen molar-refractivity contribution < 1.29 is 4.79 Å². The van der Waals surface area contributed by atoms with Gasteiger partial charge < -0.3 is 5.32 Å². The number of anilines is 1. The van der Waals surface area contributed by atoms with E-state index in [1.807, 2.05) is 6.07 Å². The van der Waals surface area contributed by atoms with Crippen LogP contribution in [-0.2, 0) is 0 Å². The van der Waals surface area contributed by atoms with Gasteiger partial charge in [-0.05, 0) is 18.2 Å². The summed E-state index contributed by atoms with van der Waals surface area (Å²) in [5, 5.41) is 8.92. The van der Waals surface area contributed by atoms with Gasteiger partial charge in [0, 0.05) is 10.2 Å². The molecule has 1 aromatic rings. The maximum atomic E-state index is 10.8. The number of carbonyl (C=O) groups is 1. The van der Waals surface area contributed by atoms with Gasteiger partial charge in [0.25, 0.3) is 0 Å². The monoisotopic (exact) mass is 239 g/mol. The summed E-state index contributed by atoms with van der Waals surface area (Å²) in [7, 11) is 0. The van der Waals surface area contributed by atoms with Crippen molar-refractivity contribution in [3.63, 3.8) is 0 Å². The molecule has 0 fully saturated rings. The topological polar surface area (TPSA) is 65.3 Å². The third-order valence-electron chi connectivity index (χ3n) is 1.23. The van der Waals surface area contributed by atoms with Crippen LogP contribution in [0.1, 0.15) is 0 Å². The summed E-state index contributed by atoms with van der Waals surface area (Å²) in [5.41, 5.74) is 0.623. The highest BCUT2D eigenvalue weighted by Crippen LogP contribution is 2.15. The fourth-order valence-electron chi connectivity index (χ4n) is 0.768. The first-order chi connectivity index (χ1) is 6.22. The van der Waals surface area contributed by atoms with Gasteiger partial charge in [0.2, 0.25) is 0 Å². The molecule has 0 radical (unpaired) electrons. The number of urea groups is 1. The van der Waals surface area contributed by atoms with Crippen LogP contribution in [0.5, 0.6) is 0 Å². The Labute approximate surface area is 83.3 Å². The zero-order valence-corrected chi connectivity index (χ0v) is 8.13. The van der Waals surface area contributed by atoms with Crippen molar-refractivity contribution in [1.29, 1.82) is 5.41 Å². The lowest BCUT2D eigenvalue weighted by molar-refractivity contribution is 0.259. The van der Waals surface area contributed by atoms with Crippen LogP contribution in [-0.4, -0.2) is 12.0 Å². The Hall–Kier alpha value is -1.45. The van der Waals surface area contributed by atoms with Crippen molar-refractivity contribution in [2.45, 2.75) is 0 Å². The molecule has 0 aliphatic heterocycles. The van der Waals surface area contributed by atoms with E-state index in [1.54, 1.807) is 24.2 Å². The Balaban J connectivity index is 2.74. The summed E-state index contributed by atoms with van der Waals surface area (Å²) in [6, 6.07) is 8.14. The second-order valence-electron chi connectivity index (χ2n) is 2.16. The summed E-state index contributed by atoms with van der Waals surface area (Å²) in [6.07, 6.45) is 0. The van der Waals surface area contributed by atoms with Crippen LogP contribution < -0.4 is 5.32 Å². The number of amides is 2. The molecule has 4 nitrogen and oxygen atoms in total. The molecule has 0 saturated carbocycles. The minimum absolute atomic E-state index is 0.604. The van der Waals surface area contributed by atoms with E-state index in [4.69, 9.17) is 5.41 Å². The molecular formula is C8H6BrN3O. The predicted octanol–water partition coefficient (Wildman–Crippen LogP) is 2.73. The Morgan fingerprint density at radius 3 is 3.00 bits per heavy atom. The Morgan fingerprint density at radius 2 is 2.38 bits per heavy atom. The lowest BCUT2D eigenvalue weighted by Crippen LogP contribution is -2.05. The second kappa shape index (κ2) is 4.54. The van der Waals surface area contributed by atoms with Crippen LogP contribution in [0.25, 0.3) is 0 Å². The van der Waals surface area contributed by atoms with Gasteiger partial charge in [-0.2, -0.15) is 0 Å². The number of nitrogens with zero attached hydrogens (tertiary/aromatic N) is 1. The molecule has 1 aromatic carbocycles. The lowest BCUT2D eigenvalue weighted by atomic mass is 10.3. The second-order valence-corrected chi connectivity index (χ2v) is 3.08. The average Bonchev–Trinajstić information content (AvgIpc) is 2.04. The van der Waals surface area contributed by atoms with Gasteiger partial charge in [0.15, 0.2) is 0 Å². The van der Waals surface area contributed by atoms with E-state index >= 15 is 0 Å². The summed E-state index contributed by atoms with van der Waals surface area (Å²) < 4.78 is 0.865. The van der Waals surface area contributed by atoms with Crippen molar-refractivity contribution >= 4 is 33.7 Å². The summed E-state index contributed by atoms with van der Waals surface area (Å²) >= 11 is 3.26. The molecule has 66 valence electrons. The van der Waals surface area contributed by atoms with E-state index in [1.165, 1.54) is 0 Å². The highest BCUT2D eigenvalue weighted by atomic mass is 79.9. The maximum Gasteiger partial charge on any atom is 0.354 e. The number of aliphatic imine (C=N–C) groups is 1. The number of rotatable bonds is 1. The first-order valence-electron chi connectivity index (χ1n) is 3.41. The molecule has 2 amide bonds. The third kappa shape index (κ3) is 3.19. The maximum absolute atomic E-state index is 10.8. The first kappa shape index (κ1) is 9.64. The molecule has 0 aromatic heterocycles. The van der Waals surface area contributed by atoms with Crippen molar-refractivity contribution in [1.82, 2.24) is 0 Å². The van der Waals surface area contributed by atoms with Gasteiger partial charge in [-0.15, -0.1) is 4.99 Å². The zero-order chi connectivity index (χ0) is 9.68. The van der Waals surface area contributed by atoms with E-state index in [0.717, 1.165) is 4.47 Å². The zero-order valence-electron chi connectivity index (χ0n) is 6.54. The lowest BCUT2D eigenvalue weighted by Gasteiger charge is -1.99. The fraction of sp³-hybridized carbons (Fsp3) is 0. The number of benzene rings is 1. The van der Waals surface area contributed by atoms with Crippen LogP contribution in [0.15, 0.2) is 33.7 Å². The molecule has 0 atom stereocenters. The minimum atomic E-state index is -0.604. The quantitative estimate of drug-likeness (QED) is 0.728. The van der Waals surface area contributed by atoms with Crippen LogP contribution in [0.3, 0.4) is 0 Å². The van der Waals surface area contributed by atoms with Crippen molar-refractivity contribution in [3.05, 3.63) is 28.7 Å². The molecule has 0 aliphatic rings. The number of halogens is 1. The molecule has 0 bridgehead atoms. The highest BCUT2D eigenvalue weighted by molar-refractivity contribution is 9.10. The van der Waals surface area contributed by atoms with Gasteiger partial charge in [0.1, 0.15) is 0 Å². The van der Waals surface area contributed by atoms with Gasteiger partial charge >= 0.3 is 6.03 Å². The number of hydrogen-bond donors (Lipinski definition) is 2. The molecule has 13 heavy (non-hydrogen) atoms. The first-order valence-corrected chi connectivity index (χ1v) is 4.20. The van der Waals surface area contributed by atoms with Crippen molar-refractivity contribution in [3.8, 4) is 0 Å². The summed E-state index contributed by atoms with van der Waals surface area (Å²) in [5.74, 6) is 0. The Kier molecular flexibility index (Phi) is 3.37. The molecule has 0 spiro atoms.